The van der Waals surface area contributed by atoms with Crippen molar-refractivity contribution < 1.29 is 24.2 Å². The van der Waals surface area contributed by atoms with Gasteiger partial charge in [0.1, 0.15) is 13.2 Å². The van der Waals surface area contributed by atoms with Crippen molar-refractivity contribution in [3.05, 3.63) is 72.1 Å². The number of aliphatic carboxylic acids is 1. The second kappa shape index (κ2) is 10.9. The fourth-order valence-electron chi connectivity index (χ4n) is 4.36. The molecule has 0 aliphatic heterocycles. The first-order chi connectivity index (χ1) is 16.9. The summed E-state index contributed by atoms with van der Waals surface area (Å²) in [5.41, 5.74) is 4.99. The maximum atomic E-state index is 12.4. The van der Waals surface area contributed by atoms with Crippen molar-refractivity contribution in [2.75, 3.05) is 11.9 Å². The lowest BCUT2D eigenvalue weighted by Crippen LogP contribution is -2.37. The Balaban J connectivity index is 1.29. The predicted octanol–water partition coefficient (Wildman–Crippen LogP) is 4.00. The molecule has 1 aliphatic rings. The zero-order chi connectivity index (χ0) is 24.8. The molecule has 3 aromatic rings. The third-order valence-electron chi connectivity index (χ3n) is 6.09. The van der Waals surface area contributed by atoms with Crippen LogP contribution in [-0.4, -0.2) is 45.5 Å². The Morgan fingerprint density at radius 2 is 1.74 bits per heavy atom. The third kappa shape index (κ3) is 5.87. The third-order valence-corrected chi connectivity index (χ3v) is 6.09. The number of carbonyl (C=O) groups is 3. The predicted molar refractivity (Wildman–Crippen MR) is 130 cm³/mol. The number of rotatable bonds is 10. The van der Waals surface area contributed by atoms with Gasteiger partial charge in [-0.2, -0.15) is 5.10 Å². The molecular weight excluding hydrogens is 448 g/mol. The van der Waals surface area contributed by atoms with Gasteiger partial charge in [-0.3, -0.25) is 19.6 Å². The van der Waals surface area contributed by atoms with E-state index in [9.17, 15) is 14.4 Å². The number of anilines is 1. The summed E-state index contributed by atoms with van der Waals surface area (Å²) < 4.78 is 6.93. The minimum atomic E-state index is -0.895. The summed E-state index contributed by atoms with van der Waals surface area (Å²) in [6.45, 7) is 2.04. The molecule has 1 heterocycles. The van der Waals surface area contributed by atoms with Crippen LogP contribution in [0.3, 0.4) is 0 Å². The number of ether oxygens (including phenoxy) is 1. The molecule has 1 aromatic heterocycles. The zero-order valence-corrected chi connectivity index (χ0v) is 19.4. The molecule has 0 bridgehead atoms. The number of hydrogen-bond donors (Lipinski definition) is 3. The number of nitrogens with one attached hydrogen (secondary N) is 2. The zero-order valence-electron chi connectivity index (χ0n) is 19.4. The van der Waals surface area contributed by atoms with E-state index in [1.807, 2.05) is 31.2 Å². The Bertz CT molecular complexity index is 1180. The molecule has 9 nitrogen and oxygen atoms in total. The fraction of sp³-hybridized carbons (Fsp3) is 0.308. The molecule has 0 fully saturated rings. The minimum Gasteiger partial charge on any atom is -0.481 e. The molecule has 35 heavy (non-hydrogen) atoms. The van der Waals surface area contributed by atoms with E-state index < -0.39 is 12.1 Å². The van der Waals surface area contributed by atoms with Crippen molar-refractivity contribution in [1.29, 1.82) is 0 Å². The molecule has 1 unspecified atom stereocenters. The molecule has 0 radical (unpaired) electrons. The number of benzene rings is 2. The van der Waals surface area contributed by atoms with Crippen molar-refractivity contribution in [2.45, 2.75) is 44.7 Å². The molecule has 182 valence electrons. The van der Waals surface area contributed by atoms with Crippen molar-refractivity contribution in [3.63, 3.8) is 0 Å². The van der Waals surface area contributed by atoms with Crippen molar-refractivity contribution >= 4 is 23.7 Å². The highest BCUT2D eigenvalue weighted by Crippen LogP contribution is 2.44. The van der Waals surface area contributed by atoms with E-state index in [2.05, 4.69) is 40.0 Å². The maximum Gasteiger partial charge on any atom is 0.411 e. The lowest BCUT2D eigenvalue weighted by atomic mass is 9.98. The van der Waals surface area contributed by atoms with Gasteiger partial charge in [0, 0.05) is 24.6 Å². The van der Waals surface area contributed by atoms with E-state index >= 15 is 0 Å². The number of aromatic nitrogens is 2. The molecule has 1 atom stereocenters. The van der Waals surface area contributed by atoms with Crippen LogP contribution < -0.4 is 10.6 Å². The Morgan fingerprint density at radius 3 is 2.37 bits per heavy atom. The van der Waals surface area contributed by atoms with E-state index in [1.54, 1.807) is 6.20 Å². The molecule has 3 N–H and O–H groups in total. The van der Waals surface area contributed by atoms with Crippen LogP contribution in [0.4, 0.5) is 10.5 Å². The van der Waals surface area contributed by atoms with Crippen LogP contribution in [0, 0.1) is 0 Å². The lowest BCUT2D eigenvalue weighted by Gasteiger charge is -2.15. The van der Waals surface area contributed by atoms with Gasteiger partial charge in [0.15, 0.2) is 0 Å². The average molecular weight is 477 g/mol. The Hall–Kier alpha value is -4.14. The van der Waals surface area contributed by atoms with Crippen LogP contribution in [0.2, 0.25) is 0 Å². The highest BCUT2D eigenvalue weighted by molar-refractivity contribution is 5.85. The molecule has 9 heteroatoms. The summed E-state index contributed by atoms with van der Waals surface area (Å²) in [6, 6.07) is 16.0. The summed E-state index contributed by atoms with van der Waals surface area (Å²) in [5, 5.41) is 18.4. The van der Waals surface area contributed by atoms with Gasteiger partial charge in [-0.05, 0) is 35.1 Å². The maximum absolute atomic E-state index is 12.4. The monoisotopic (exact) mass is 476 g/mol. The quantitative estimate of drug-likeness (QED) is 0.406. The average Bonchev–Trinajstić information content (AvgIpc) is 3.42. The van der Waals surface area contributed by atoms with Crippen molar-refractivity contribution in [3.8, 4) is 11.1 Å². The molecule has 2 amide bonds. The van der Waals surface area contributed by atoms with Crippen LogP contribution in [0.15, 0.2) is 60.9 Å². The van der Waals surface area contributed by atoms with Crippen molar-refractivity contribution in [2.24, 2.45) is 0 Å². The second-order valence-electron chi connectivity index (χ2n) is 8.48. The van der Waals surface area contributed by atoms with Gasteiger partial charge in [0.05, 0.1) is 11.9 Å². The van der Waals surface area contributed by atoms with Crippen molar-refractivity contribution in [1.82, 2.24) is 15.1 Å². The van der Waals surface area contributed by atoms with E-state index in [-0.39, 0.29) is 37.4 Å². The number of amides is 2. The normalized spacial score (nSPS) is 12.9. The minimum absolute atomic E-state index is 0.00520. The topological polar surface area (TPSA) is 123 Å². The Labute approximate surface area is 203 Å². The van der Waals surface area contributed by atoms with Crippen LogP contribution in [0.1, 0.15) is 43.2 Å². The molecule has 1 aliphatic carbocycles. The summed E-state index contributed by atoms with van der Waals surface area (Å²) in [7, 11) is 0. The Morgan fingerprint density at radius 1 is 1.09 bits per heavy atom. The Kier molecular flexibility index (Phi) is 7.45. The first kappa shape index (κ1) is 24.0. The number of carboxylic acids is 1. The van der Waals surface area contributed by atoms with Gasteiger partial charge in [0.2, 0.25) is 5.91 Å². The van der Waals surface area contributed by atoms with Gasteiger partial charge < -0.3 is 15.2 Å². The molecule has 4 rings (SSSR count). The summed E-state index contributed by atoms with van der Waals surface area (Å²) >= 11 is 0. The van der Waals surface area contributed by atoms with Gasteiger partial charge >= 0.3 is 12.1 Å². The smallest absolute Gasteiger partial charge is 0.411 e. The van der Waals surface area contributed by atoms with Gasteiger partial charge in [0.25, 0.3) is 0 Å². The molecule has 0 spiro atoms. The van der Waals surface area contributed by atoms with E-state index in [1.165, 1.54) is 10.9 Å². The highest BCUT2D eigenvalue weighted by atomic mass is 16.5. The van der Waals surface area contributed by atoms with Crippen LogP contribution in [0.5, 0.6) is 0 Å². The fourth-order valence-corrected chi connectivity index (χ4v) is 4.36. The standard InChI is InChI=1S/C26H28N4O5/c1-2-17(11-12-25(32)33)28-24(31)15-30-14-18(13-27-30)29-26(34)35-16-23-21-9-5-3-7-19(21)20-8-4-6-10-22(20)23/h3-10,13-14,17,23H,2,11-12,15-16H2,1H3,(H,28,31)(H,29,34)(H,32,33). The number of carboxylic acid groups (broad SMARTS) is 1. The first-order valence-corrected chi connectivity index (χ1v) is 11.6. The highest BCUT2D eigenvalue weighted by Gasteiger charge is 2.29. The summed E-state index contributed by atoms with van der Waals surface area (Å²) in [6.07, 6.45) is 3.37. The summed E-state index contributed by atoms with van der Waals surface area (Å²) in [5.74, 6) is -1.21. The van der Waals surface area contributed by atoms with Gasteiger partial charge in [-0.25, -0.2) is 4.79 Å². The number of fused-ring (bicyclic) bond motifs is 3. The molecule has 2 aromatic carbocycles. The summed E-state index contributed by atoms with van der Waals surface area (Å²) in [4.78, 5) is 35.5. The van der Waals surface area contributed by atoms with Crippen LogP contribution in [-0.2, 0) is 20.9 Å². The van der Waals surface area contributed by atoms with E-state index in [0.717, 1.165) is 22.3 Å². The second-order valence-corrected chi connectivity index (χ2v) is 8.48. The largest absolute Gasteiger partial charge is 0.481 e. The number of hydrogen-bond acceptors (Lipinski definition) is 5. The van der Waals surface area contributed by atoms with Gasteiger partial charge in [-0.1, -0.05) is 55.5 Å². The SMILES string of the molecule is CCC(CCC(=O)O)NC(=O)Cn1cc(NC(=O)OCC2c3ccccc3-c3ccccc32)cn1. The van der Waals surface area contributed by atoms with Gasteiger partial charge in [-0.15, -0.1) is 0 Å². The molecular formula is C26H28N4O5. The van der Waals surface area contributed by atoms with Crippen LogP contribution in [0.25, 0.3) is 11.1 Å². The number of carbonyl (C=O) groups excluding carboxylic acids is 2. The lowest BCUT2D eigenvalue weighted by molar-refractivity contribution is -0.137. The van der Waals surface area contributed by atoms with E-state index in [4.69, 9.17) is 9.84 Å². The first-order valence-electron chi connectivity index (χ1n) is 11.6. The number of nitrogens with zero attached hydrogens (tertiary/aromatic N) is 2. The van der Waals surface area contributed by atoms with Crippen LogP contribution >= 0.6 is 0 Å². The molecule has 0 saturated heterocycles. The molecule has 0 saturated carbocycles. The van der Waals surface area contributed by atoms with E-state index in [0.29, 0.717) is 18.5 Å².